The van der Waals surface area contributed by atoms with Crippen LogP contribution in [0.3, 0.4) is 0 Å². The number of halogens is 2. The molecule has 2 aromatic carbocycles. The summed E-state index contributed by atoms with van der Waals surface area (Å²) in [6.45, 7) is 2.68. The van der Waals surface area contributed by atoms with Crippen molar-refractivity contribution >= 4 is 23.2 Å². The zero-order valence-corrected chi connectivity index (χ0v) is 14.2. The number of nitrogens with one attached hydrogen (secondary N) is 1. The summed E-state index contributed by atoms with van der Waals surface area (Å²) in [7, 11) is 0. The van der Waals surface area contributed by atoms with Gasteiger partial charge in [0.25, 0.3) is 5.91 Å². The third kappa shape index (κ3) is 3.88. The minimum Gasteiger partial charge on any atom is -0.372 e. The van der Waals surface area contributed by atoms with Gasteiger partial charge in [-0.05, 0) is 49.1 Å². The maximum atomic E-state index is 13.7. The number of anilines is 1. The van der Waals surface area contributed by atoms with Crippen molar-refractivity contribution in [3.05, 3.63) is 64.4 Å². The third-order valence-corrected chi connectivity index (χ3v) is 4.61. The highest BCUT2D eigenvalue weighted by Crippen LogP contribution is 2.21. The molecule has 2 aromatic rings. The number of hydrogen-bond donors (Lipinski definition) is 1. The predicted octanol–water partition coefficient (Wildman–Crippen LogP) is 4.05. The van der Waals surface area contributed by atoms with Gasteiger partial charge in [-0.3, -0.25) is 4.79 Å². The molecule has 126 valence electrons. The molecule has 0 spiro atoms. The quantitative estimate of drug-likeness (QED) is 0.885. The van der Waals surface area contributed by atoms with Gasteiger partial charge in [0.1, 0.15) is 5.82 Å². The minimum atomic E-state index is -0.602. The van der Waals surface area contributed by atoms with Crippen LogP contribution in [0.5, 0.6) is 0 Å². The number of carbonyl (C=O) groups is 1. The third-order valence-electron chi connectivity index (χ3n) is 4.30. The first-order chi connectivity index (χ1) is 11.6. The predicted molar refractivity (Wildman–Crippen MR) is 95.3 cm³/mol. The molecule has 1 aliphatic rings. The van der Waals surface area contributed by atoms with E-state index in [4.69, 9.17) is 11.6 Å². The highest BCUT2D eigenvalue weighted by Gasteiger charge is 2.15. The minimum absolute atomic E-state index is 0.0939. The molecule has 24 heavy (non-hydrogen) atoms. The maximum absolute atomic E-state index is 13.7. The van der Waals surface area contributed by atoms with E-state index in [1.807, 2.05) is 0 Å². The molecule has 0 atom stereocenters. The summed E-state index contributed by atoms with van der Waals surface area (Å²) in [6.07, 6.45) is 3.21. The van der Waals surface area contributed by atoms with Crippen LogP contribution in [-0.2, 0) is 6.42 Å². The van der Waals surface area contributed by atoms with Gasteiger partial charge in [-0.2, -0.15) is 0 Å². The lowest BCUT2D eigenvalue weighted by Gasteiger charge is -2.17. The summed E-state index contributed by atoms with van der Waals surface area (Å²) >= 11 is 5.89. The Kier molecular flexibility index (Phi) is 5.36. The van der Waals surface area contributed by atoms with Crippen molar-refractivity contribution in [1.82, 2.24) is 5.32 Å². The normalized spacial score (nSPS) is 14.0. The Morgan fingerprint density at radius 3 is 2.50 bits per heavy atom. The molecule has 1 fully saturated rings. The number of nitrogens with zero attached hydrogens (tertiary/aromatic N) is 1. The zero-order valence-electron chi connectivity index (χ0n) is 13.4. The topological polar surface area (TPSA) is 32.3 Å². The van der Waals surface area contributed by atoms with Crippen LogP contribution in [0.15, 0.2) is 42.5 Å². The van der Waals surface area contributed by atoms with Crippen LogP contribution in [0, 0.1) is 5.82 Å². The van der Waals surface area contributed by atoms with Crippen molar-refractivity contribution in [1.29, 1.82) is 0 Å². The van der Waals surface area contributed by atoms with Gasteiger partial charge in [-0.15, -0.1) is 0 Å². The summed E-state index contributed by atoms with van der Waals surface area (Å²) in [6, 6.07) is 12.6. The molecule has 0 saturated carbocycles. The van der Waals surface area contributed by atoms with Crippen LogP contribution >= 0.6 is 11.6 Å². The first-order valence-electron chi connectivity index (χ1n) is 8.21. The Bertz CT molecular complexity index is 692. The fraction of sp³-hybridized carbons (Fsp3) is 0.316. The standard InChI is InChI=1S/C19H20ClFN2O/c20-16-4-3-5-17(21)18(16)19(24)22-11-10-14-6-8-15(9-7-14)23-12-1-2-13-23/h3-9H,1-2,10-13H2,(H,22,24). The molecule has 0 unspecified atom stereocenters. The summed E-state index contributed by atoms with van der Waals surface area (Å²) in [5, 5.41) is 2.85. The molecule has 1 N–H and O–H groups in total. The van der Waals surface area contributed by atoms with E-state index in [9.17, 15) is 9.18 Å². The Morgan fingerprint density at radius 2 is 1.83 bits per heavy atom. The Labute approximate surface area is 146 Å². The summed E-state index contributed by atoms with van der Waals surface area (Å²) in [4.78, 5) is 14.4. The lowest BCUT2D eigenvalue weighted by molar-refractivity contribution is 0.0950. The second-order valence-electron chi connectivity index (χ2n) is 5.96. The van der Waals surface area contributed by atoms with E-state index in [2.05, 4.69) is 34.5 Å². The highest BCUT2D eigenvalue weighted by atomic mass is 35.5. The van der Waals surface area contributed by atoms with Crippen molar-refractivity contribution < 1.29 is 9.18 Å². The van der Waals surface area contributed by atoms with Crippen molar-refractivity contribution in [3.8, 4) is 0 Å². The van der Waals surface area contributed by atoms with Crippen LogP contribution in [0.25, 0.3) is 0 Å². The van der Waals surface area contributed by atoms with Gasteiger partial charge in [-0.25, -0.2) is 4.39 Å². The lowest BCUT2D eigenvalue weighted by Crippen LogP contribution is -2.27. The lowest BCUT2D eigenvalue weighted by atomic mass is 10.1. The number of benzene rings is 2. The van der Waals surface area contributed by atoms with E-state index in [-0.39, 0.29) is 10.6 Å². The smallest absolute Gasteiger partial charge is 0.255 e. The molecular formula is C19H20ClFN2O. The summed E-state index contributed by atoms with van der Waals surface area (Å²) in [5.41, 5.74) is 2.29. The molecule has 5 heteroatoms. The number of rotatable bonds is 5. The molecule has 0 radical (unpaired) electrons. The summed E-state index contributed by atoms with van der Waals surface area (Å²) < 4.78 is 13.7. The number of hydrogen-bond acceptors (Lipinski definition) is 2. The molecular weight excluding hydrogens is 327 g/mol. The largest absolute Gasteiger partial charge is 0.372 e. The monoisotopic (exact) mass is 346 g/mol. The first kappa shape index (κ1) is 16.8. The van der Waals surface area contributed by atoms with Crippen molar-refractivity contribution in [3.63, 3.8) is 0 Å². The molecule has 0 aromatic heterocycles. The van der Waals surface area contributed by atoms with E-state index in [1.54, 1.807) is 0 Å². The summed E-state index contributed by atoms with van der Waals surface area (Å²) in [5.74, 6) is -1.08. The zero-order chi connectivity index (χ0) is 16.9. The Morgan fingerprint density at radius 1 is 1.12 bits per heavy atom. The highest BCUT2D eigenvalue weighted by molar-refractivity contribution is 6.33. The maximum Gasteiger partial charge on any atom is 0.255 e. The second-order valence-corrected chi connectivity index (χ2v) is 6.37. The molecule has 1 saturated heterocycles. The Balaban J connectivity index is 1.53. The molecule has 1 heterocycles. The van der Waals surface area contributed by atoms with Crippen LogP contribution in [0.2, 0.25) is 5.02 Å². The van der Waals surface area contributed by atoms with E-state index < -0.39 is 11.7 Å². The van der Waals surface area contributed by atoms with Gasteiger partial charge >= 0.3 is 0 Å². The SMILES string of the molecule is O=C(NCCc1ccc(N2CCCC2)cc1)c1c(F)cccc1Cl. The molecule has 3 nitrogen and oxygen atoms in total. The fourth-order valence-corrected chi connectivity index (χ4v) is 3.22. The van der Waals surface area contributed by atoms with Crippen molar-refractivity contribution in [2.45, 2.75) is 19.3 Å². The van der Waals surface area contributed by atoms with Gasteiger partial charge in [0, 0.05) is 25.3 Å². The van der Waals surface area contributed by atoms with Crippen LogP contribution in [0.4, 0.5) is 10.1 Å². The van der Waals surface area contributed by atoms with Crippen LogP contribution < -0.4 is 10.2 Å². The van der Waals surface area contributed by atoms with Crippen LogP contribution in [-0.4, -0.2) is 25.5 Å². The average Bonchev–Trinajstić information content (AvgIpc) is 3.10. The molecule has 0 bridgehead atoms. The average molecular weight is 347 g/mol. The van der Waals surface area contributed by atoms with Crippen molar-refractivity contribution in [2.75, 3.05) is 24.5 Å². The second kappa shape index (κ2) is 7.67. The molecule has 1 aliphatic heterocycles. The number of amides is 1. The van der Waals surface area contributed by atoms with E-state index in [1.165, 1.54) is 36.7 Å². The first-order valence-corrected chi connectivity index (χ1v) is 8.59. The van der Waals surface area contributed by atoms with Gasteiger partial charge in [0.15, 0.2) is 0 Å². The van der Waals surface area contributed by atoms with E-state index >= 15 is 0 Å². The van der Waals surface area contributed by atoms with E-state index in [0.717, 1.165) is 18.7 Å². The molecule has 3 rings (SSSR count). The van der Waals surface area contributed by atoms with Gasteiger partial charge in [0.2, 0.25) is 0 Å². The number of carbonyl (C=O) groups excluding carboxylic acids is 1. The van der Waals surface area contributed by atoms with Gasteiger partial charge in [0.05, 0.1) is 10.6 Å². The van der Waals surface area contributed by atoms with Crippen LogP contribution in [0.1, 0.15) is 28.8 Å². The van der Waals surface area contributed by atoms with Crippen molar-refractivity contribution in [2.24, 2.45) is 0 Å². The molecule has 0 aliphatic carbocycles. The fourth-order valence-electron chi connectivity index (χ4n) is 2.97. The van der Waals surface area contributed by atoms with Gasteiger partial charge < -0.3 is 10.2 Å². The van der Waals surface area contributed by atoms with Gasteiger partial charge in [-0.1, -0.05) is 29.8 Å². The molecule has 1 amide bonds. The van der Waals surface area contributed by atoms with E-state index in [0.29, 0.717) is 13.0 Å². The Hall–Kier alpha value is -2.07.